The molecule has 1 aromatic rings. The first kappa shape index (κ1) is 11.3. The van der Waals surface area contributed by atoms with Gasteiger partial charge in [0.05, 0.1) is 16.9 Å². The zero-order valence-electron chi connectivity index (χ0n) is 7.79. The summed E-state index contributed by atoms with van der Waals surface area (Å²) in [5.74, 6) is 0.776. The summed E-state index contributed by atoms with van der Waals surface area (Å²) < 4.78 is 0. The lowest BCUT2D eigenvalue weighted by atomic mass is 10.4. The van der Waals surface area contributed by atoms with Gasteiger partial charge in [-0.15, -0.1) is 0 Å². The average Bonchev–Trinajstić information content (AvgIpc) is 2.18. The number of halogens is 1. The molecule has 0 spiro atoms. The smallest absolute Gasteiger partial charge is 0.225 e. The molecule has 0 saturated carbocycles. The summed E-state index contributed by atoms with van der Waals surface area (Å²) >= 11 is 7.48. The van der Waals surface area contributed by atoms with E-state index in [1.54, 1.807) is 30.2 Å². The fraction of sp³-hybridized carbons (Fsp3) is 0.333. The van der Waals surface area contributed by atoms with Crippen molar-refractivity contribution in [2.45, 2.75) is 6.42 Å². The maximum Gasteiger partial charge on any atom is 0.225 e. The van der Waals surface area contributed by atoms with Crippen LogP contribution in [0.2, 0.25) is 5.02 Å². The quantitative estimate of drug-likeness (QED) is 0.864. The number of amides is 1. The Bertz CT molecular complexity index is 319. The normalized spacial score (nSPS) is 9.86. The summed E-state index contributed by atoms with van der Waals surface area (Å²) in [5, 5.41) is 3.21. The summed E-state index contributed by atoms with van der Waals surface area (Å²) in [7, 11) is 0. The van der Waals surface area contributed by atoms with Gasteiger partial charge in [0.2, 0.25) is 5.91 Å². The van der Waals surface area contributed by atoms with Crippen molar-refractivity contribution in [2.75, 3.05) is 17.3 Å². The first-order valence-electron chi connectivity index (χ1n) is 4.12. The SMILES string of the molecule is CSCCC(=O)Nc1cnccc1Cl. The van der Waals surface area contributed by atoms with Crippen LogP contribution >= 0.6 is 23.4 Å². The predicted octanol–water partition coefficient (Wildman–Crippen LogP) is 2.43. The van der Waals surface area contributed by atoms with E-state index in [0.29, 0.717) is 17.1 Å². The number of aromatic nitrogens is 1. The van der Waals surface area contributed by atoms with E-state index in [4.69, 9.17) is 11.6 Å². The molecule has 5 heteroatoms. The maximum atomic E-state index is 11.3. The third-order valence-corrected chi connectivity index (χ3v) is 2.52. The van der Waals surface area contributed by atoms with Crippen molar-refractivity contribution in [3.05, 3.63) is 23.5 Å². The topological polar surface area (TPSA) is 42.0 Å². The number of hydrogen-bond acceptors (Lipinski definition) is 3. The number of carbonyl (C=O) groups is 1. The zero-order valence-corrected chi connectivity index (χ0v) is 9.36. The second kappa shape index (κ2) is 5.88. The average molecular weight is 231 g/mol. The highest BCUT2D eigenvalue weighted by atomic mass is 35.5. The van der Waals surface area contributed by atoms with E-state index in [1.165, 1.54) is 0 Å². The van der Waals surface area contributed by atoms with Crippen LogP contribution in [0.5, 0.6) is 0 Å². The molecule has 0 radical (unpaired) electrons. The second-order valence-corrected chi connectivity index (χ2v) is 4.04. The molecule has 0 aromatic carbocycles. The Balaban J connectivity index is 2.52. The first-order valence-corrected chi connectivity index (χ1v) is 5.89. The van der Waals surface area contributed by atoms with Crippen molar-refractivity contribution in [3.63, 3.8) is 0 Å². The van der Waals surface area contributed by atoms with E-state index in [-0.39, 0.29) is 5.91 Å². The van der Waals surface area contributed by atoms with Crippen LogP contribution in [0.3, 0.4) is 0 Å². The lowest BCUT2D eigenvalue weighted by Gasteiger charge is -2.05. The monoisotopic (exact) mass is 230 g/mol. The molecular formula is C9H11ClN2OS. The molecule has 0 aliphatic carbocycles. The molecule has 0 fully saturated rings. The Kier molecular flexibility index (Phi) is 4.76. The molecule has 0 unspecified atom stereocenters. The molecule has 1 amide bonds. The number of carbonyl (C=O) groups excluding carboxylic acids is 1. The van der Waals surface area contributed by atoms with Crippen LogP contribution in [-0.4, -0.2) is 22.9 Å². The molecule has 14 heavy (non-hydrogen) atoms. The van der Waals surface area contributed by atoms with Crippen molar-refractivity contribution in [3.8, 4) is 0 Å². The Morgan fingerprint density at radius 3 is 3.14 bits per heavy atom. The van der Waals surface area contributed by atoms with Gasteiger partial charge < -0.3 is 5.32 Å². The molecule has 1 N–H and O–H groups in total. The Morgan fingerprint density at radius 2 is 2.50 bits per heavy atom. The van der Waals surface area contributed by atoms with Gasteiger partial charge in [0.25, 0.3) is 0 Å². The Labute approximate surface area is 92.2 Å². The third kappa shape index (κ3) is 3.55. The molecule has 0 aliphatic heterocycles. The summed E-state index contributed by atoms with van der Waals surface area (Å²) in [6.07, 6.45) is 5.58. The van der Waals surface area contributed by atoms with Crippen LogP contribution in [-0.2, 0) is 4.79 Å². The lowest BCUT2D eigenvalue weighted by Crippen LogP contribution is -2.12. The standard InChI is InChI=1S/C9H11ClN2OS/c1-14-5-3-9(13)12-8-6-11-4-2-7(8)10/h2,4,6H,3,5H2,1H3,(H,12,13). The van der Waals surface area contributed by atoms with Crippen molar-refractivity contribution >= 4 is 35.0 Å². The Morgan fingerprint density at radius 1 is 1.71 bits per heavy atom. The summed E-state index contributed by atoms with van der Waals surface area (Å²) in [6, 6.07) is 1.64. The highest BCUT2D eigenvalue weighted by Crippen LogP contribution is 2.19. The highest BCUT2D eigenvalue weighted by molar-refractivity contribution is 7.98. The van der Waals surface area contributed by atoms with Gasteiger partial charge in [0.1, 0.15) is 0 Å². The van der Waals surface area contributed by atoms with Gasteiger partial charge in [-0.1, -0.05) is 11.6 Å². The van der Waals surface area contributed by atoms with Gasteiger partial charge >= 0.3 is 0 Å². The molecule has 0 aliphatic rings. The number of pyridine rings is 1. The molecule has 76 valence electrons. The first-order chi connectivity index (χ1) is 6.74. The van der Waals surface area contributed by atoms with E-state index in [2.05, 4.69) is 10.3 Å². The molecule has 1 heterocycles. The fourth-order valence-electron chi connectivity index (χ4n) is 0.877. The number of nitrogens with one attached hydrogen (secondary N) is 1. The van der Waals surface area contributed by atoms with Crippen LogP contribution < -0.4 is 5.32 Å². The van der Waals surface area contributed by atoms with Crippen molar-refractivity contribution in [2.24, 2.45) is 0 Å². The molecule has 0 atom stereocenters. The maximum absolute atomic E-state index is 11.3. The largest absolute Gasteiger partial charge is 0.323 e. The molecule has 0 bridgehead atoms. The van der Waals surface area contributed by atoms with Gasteiger partial charge in [-0.25, -0.2) is 0 Å². The van der Waals surface area contributed by atoms with Gasteiger partial charge in [0, 0.05) is 18.4 Å². The number of rotatable bonds is 4. The summed E-state index contributed by atoms with van der Waals surface area (Å²) in [5.41, 5.74) is 0.570. The van der Waals surface area contributed by atoms with Crippen molar-refractivity contribution in [1.29, 1.82) is 0 Å². The van der Waals surface area contributed by atoms with Crippen LogP contribution in [0.1, 0.15) is 6.42 Å². The number of hydrogen-bond donors (Lipinski definition) is 1. The fourth-order valence-corrected chi connectivity index (χ4v) is 1.42. The highest BCUT2D eigenvalue weighted by Gasteiger charge is 2.04. The van der Waals surface area contributed by atoms with E-state index >= 15 is 0 Å². The van der Waals surface area contributed by atoms with Crippen LogP contribution in [0, 0.1) is 0 Å². The van der Waals surface area contributed by atoms with Crippen molar-refractivity contribution < 1.29 is 4.79 Å². The molecule has 1 rings (SSSR count). The lowest BCUT2D eigenvalue weighted by molar-refractivity contribution is -0.115. The minimum absolute atomic E-state index is 0.0331. The van der Waals surface area contributed by atoms with E-state index in [1.807, 2.05) is 6.26 Å². The van der Waals surface area contributed by atoms with Crippen LogP contribution in [0.15, 0.2) is 18.5 Å². The number of thioether (sulfide) groups is 1. The molecular weight excluding hydrogens is 220 g/mol. The summed E-state index contributed by atoms with van der Waals surface area (Å²) in [4.78, 5) is 15.2. The van der Waals surface area contributed by atoms with Crippen LogP contribution in [0.4, 0.5) is 5.69 Å². The van der Waals surface area contributed by atoms with E-state index in [9.17, 15) is 4.79 Å². The van der Waals surface area contributed by atoms with E-state index < -0.39 is 0 Å². The Hall–Kier alpha value is -0.740. The second-order valence-electron chi connectivity index (χ2n) is 2.65. The predicted molar refractivity (Wildman–Crippen MR) is 60.9 cm³/mol. The number of anilines is 1. The van der Waals surface area contributed by atoms with E-state index in [0.717, 1.165) is 5.75 Å². The van der Waals surface area contributed by atoms with Gasteiger partial charge in [-0.2, -0.15) is 11.8 Å². The minimum Gasteiger partial charge on any atom is -0.323 e. The van der Waals surface area contributed by atoms with Gasteiger partial charge in [-0.05, 0) is 12.3 Å². The van der Waals surface area contributed by atoms with Crippen molar-refractivity contribution in [1.82, 2.24) is 4.98 Å². The minimum atomic E-state index is -0.0331. The van der Waals surface area contributed by atoms with Gasteiger partial charge in [0.15, 0.2) is 0 Å². The number of nitrogens with zero attached hydrogens (tertiary/aromatic N) is 1. The van der Waals surface area contributed by atoms with Crippen LogP contribution in [0.25, 0.3) is 0 Å². The van der Waals surface area contributed by atoms with Gasteiger partial charge in [-0.3, -0.25) is 9.78 Å². The molecule has 1 aromatic heterocycles. The summed E-state index contributed by atoms with van der Waals surface area (Å²) in [6.45, 7) is 0. The zero-order chi connectivity index (χ0) is 10.4. The third-order valence-electron chi connectivity index (χ3n) is 1.58. The molecule has 3 nitrogen and oxygen atoms in total. The molecule has 0 saturated heterocycles.